The number of nitrogens with zero attached hydrogens (tertiary/aromatic N) is 4. The zero-order valence-electron chi connectivity index (χ0n) is 10.8. The number of hydrazine groups is 1. The van der Waals surface area contributed by atoms with Crippen LogP contribution in [0.5, 0.6) is 0 Å². The smallest absolute Gasteiger partial charge is 0.311 e. The van der Waals surface area contributed by atoms with Gasteiger partial charge in [0.15, 0.2) is 0 Å². The van der Waals surface area contributed by atoms with Crippen LogP contribution in [0.1, 0.15) is 34.1 Å². The third kappa shape index (κ3) is 7.25. The van der Waals surface area contributed by atoms with Gasteiger partial charge in [0.2, 0.25) is 0 Å². The van der Waals surface area contributed by atoms with E-state index in [1.54, 1.807) is 13.8 Å². The number of nitriles is 1. The quantitative estimate of drug-likeness (QED) is 0.328. The summed E-state index contributed by atoms with van der Waals surface area (Å²) in [5.41, 5.74) is -0.814. The molecule has 0 spiro atoms. The van der Waals surface area contributed by atoms with Crippen molar-refractivity contribution in [2.45, 2.75) is 45.8 Å². The van der Waals surface area contributed by atoms with Crippen molar-refractivity contribution >= 4 is 6.03 Å². The van der Waals surface area contributed by atoms with Gasteiger partial charge in [-0.05, 0) is 27.7 Å². The van der Waals surface area contributed by atoms with Gasteiger partial charge >= 0.3 is 6.03 Å². The maximum Gasteiger partial charge on any atom is 0.333 e. The molecular formula is C10H20N6O. The Bertz CT molecular complexity index is 317. The van der Waals surface area contributed by atoms with Gasteiger partial charge in [-0.15, -0.1) is 0 Å². The molecule has 0 fully saturated rings. The van der Waals surface area contributed by atoms with Crippen LogP contribution < -0.4 is 11.2 Å². The first-order chi connectivity index (χ1) is 7.78. The van der Waals surface area contributed by atoms with Crippen LogP contribution in [0, 0.1) is 11.3 Å². The molecule has 17 heavy (non-hydrogen) atoms. The summed E-state index contributed by atoms with van der Waals surface area (Å²) in [5.74, 6) is 5.46. The number of azo groups is 1. The van der Waals surface area contributed by atoms with E-state index >= 15 is 0 Å². The van der Waals surface area contributed by atoms with E-state index in [-0.39, 0.29) is 19.0 Å². The summed E-state index contributed by atoms with van der Waals surface area (Å²) in [7, 11) is 0. The van der Waals surface area contributed by atoms with Crippen molar-refractivity contribution < 1.29 is 4.79 Å². The number of hydrogen-bond acceptors (Lipinski definition) is 5. The van der Waals surface area contributed by atoms with E-state index in [0.29, 0.717) is 0 Å². The van der Waals surface area contributed by atoms with Gasteiger partial charge < -0.3 is 5.32 Å². The van der Waals surface area contributed by atoms with Crippen LogP contribution >= 0.6 is 0 Å². The van der Waals surface area contributed by atoms with E-state index in [4.69, 9.17) is 11.1 Å². The predicted octanol–water partition coefficient (Wildman–Crippen LogP) is 1.38. The maximum atomic E-state index is 11.6. The Hall–Kier alpha value is -1.68. The minimum absolute atomic E-state index is 0.0683. The minimum atomic E-state index is -0.814. The predicted molar refractivity (Wildman–Crippen MR) is 63.7 cm³/mol. The van der Waals surface area contributed by atoms with Crippen LogP contribution in [0.15, 0.2) is 10.2 Å². The first-order valence-corrected chi connectivity index (χ1v) is 5.42. The van der Waals surface area contributed by atoms with Gasteiger partial charge in [0.05, 0.1) is 25.1 Å². The minimum Gasteiger partial charge on any atom is -0.311 e. The molecule has 7 heteroatoms. The molecule has 96 valence electrons. The van der Waals surface area contributed by atoms with Crippen LogP contribution in [-0.2, 0) is 0 Å². The number of nitrogens with one attached hydrogen (secondary N) is 1. The number of urea groups is 1. The second-order valence-electron chi connectivity index (χ2n) is 4.40. The molecular weight excluding hydrogens is 220 g/mol. The summed E-state index contributed by atoms with van der Waals surface area (Å²) in [6, 6.07) is 1.50. The Kier molecular flexibility index (Phi) is 6.13. The molecule has 0 saturated heterocycles. The van der Waals surface area contributed by atoms with E-state index in [1.165, 1.54) is 0 Å². The molecule has 0 aromatic heterocycles. The fraction of sp³-hybridized carbons (Fsp3) is 0.800. The van der Waals surface area contributed by atoms with Gasteiger partial charge in [-0.2, -0.15) is 15.5 Å². The van der Waals surface area contributed by atoms with Gasteiger partial charge in [-0.3, -0.25) is 5.01 Å². The average Bonchev–Trinajstić information content (AvgIpc) is 2.22. The molecule has 0 rings (SSSR count). The molecule has 0 bridgehead atoms. The molecule has 0 aromatic carbocycles. The second-order valence-corrected chi connectivity index (χ2v) is 4.40. The number of carbonyl (C=O) groups excluding carboxylic acids is 1. The normalized spacial score (nSPS) is 11.6. The van der Waals surface area contributed by atoms with Crippen molar-refractivity contribution in [1.29, 1.82) is 5.26 Å². The molecule has 0 radical (unpaired) electrons. The number of amides is 2. The van der Waals surface area contributed by atoms with E-state index in [2.05, 4.69) is 15.5 Å². The van der Waals surface area contributed by atoms with Gasteiger partial charge in [-0.1, -0.05) is 0 Å². The van der Waals surface area contributed by atoms with Crippen LogP contribution in [0.3, 0.4) is 0 Å². The van der Waals surface area contributed by atoms with Crippen LogP contribution in [0.2, 0.25) is 0 Å². The first-order valence-electron chi connectivity index (χ1n) is 5.42. The molecule has 0 atom stereocenters. The summed E-state index contributed by atoms with van der Waals surface area (Å²) in [6.07, 6.45) is 0.192. The summed E-state index contributed by atoms with van der Waals surface area (Å²) in [6.45, 7) is 7.40. The van der Waals surface area contributed by atoms with Gasteiger partial charge in [0, 0.05) is 0 Å². The molecule has 0 saturated carbocycles. The van der Waals surface area contributed by atoms with Gasteiger partial charge in [-0.25, -0.2) is 10.6 Å². The van der Waals surface area contributed by atoms with Crippen molar-refractivity contribution in [3.63, 3.8) is 0 Å². The Morgan fingerprint density at radius 2 is 2.18 bits per heavy atom. The lowest BCUT2D eigenvalue weighted by Crippen LogP contribution is -2.52. The highest BCUT2D eigenvalue weighted by Crippen LogP contribution is 2.06. The van der Waals surface area contributed by atoms with Crippen molar-refractivity contribution in [2.75, 3.05) is 6.54 Å². The fourth-order valence-electron chi connectivity index (χ4n) is 0.890. The molecule has 0 aliphatic heterocycles. The maximum absolute atomic E-state index is 11.6. The van der Waals surface area contributed by atoms with Crippen LogP contribution in [0.25, 0.3) is 0 Å². The highest BCUT2D eigenvalue weighted by Gasteiger charge is 2.21. The molecule has 0 unspecified atom stereocenters. The molecule has 3 N–H and O–H groups in total. The SMILES string of the molecule is CC(C)N=NC(C)(C)NC(=O)N(N)CCC#N. The lowest BCUT2D eigenvalue weighted by atomic mass is 10.3. The Labute approximate surface area is 102 Å². The first kappa shape index (κ1) is 15.3. The summed E-state index contributed by atoms with van der Waals surface area (Å²) in [5, 5.41) is 19.9. The Morgan fingerprint density at radius 3 is 2.65 bits per heavy atom. The van der Waals surface area contributed by atoms with Crippen LogP contribution in [-0.4, -0.2) is 29.3 Å². The summed E-state index contributed by atoms with van der Waals surface area (Å²) < 4.78 is 0. The number of nitrogens with two attached hydrogens (primary N) is 1. The van der Waals surface area contributed by atoms with E-state index in [0.717, 1.165) is 5.01 Å². The fourth-order valence-corrected chi connectivity index (χ4v) is 0.890. The molecule has 0 aliphatic rings. The highest BCUT2D eigenvalue weighted by atomic mass is 16.2. The third-order valence-corrected chi connectivity index (χ3v) is 1.68. The standard InChI is InChI=1S/C10H20N6O/c1-8(2)14-15-10(3,4)13-9(17)16(12)7-5-6-11/h8H,5,7,12H2,1-4H3,(H,13,17). The van der Waals surface area contributed by atoms with Crippen LogP contribution in [0.4, 0.5) is 4.79 Å². The number of hydrogen-bond donors (Lipinski definition) is 2. The Balaban J connectivity index is 4.31. The van der Waals surface area contributed by atoms with E-state index in [1.807, 2.05) is 19.9 Å². The second kappa shape index (κ2) is 6.81. The molecule has 2 amide bonds. The van der Waals surface area contributed by atoms with Crippen molar-refractivity contribution in [3.05, 3.63) is 0 Å². The average molecular weight is 240 g/mol. The molecule has 0 aromatic rings. The zero-order chi connectivity index (χ0) is 13.5. The number of carbonyl (C=O) groups is 1. The van der Waals surface area contributed by atoms with Crippen molar-refractivity contribution in [3.8, 4) is 6.07 Å². The van der Waals surface area contributed by atoms with Crippen molar-refractivity contribution in [2.24, 2.45) is 16.1 Å². The van der Waals surface area contributed by atoms with E-state index < -0.39 is 11.7 Å². The van der Waals surface area contributed by atoms with Gasteiger partial charge in [0.25, 0.3) is 0 Å². The molecule has 7 nitrogen and oxygen atoms in total. The lowest BCUT2D eigenvalue weighted by Gasteiger charge is -2.24. The van der Waals surface area contributed by atoms with E-state index in [9.17, 15) is 4.79 Å². The Morgan fingerprint density at radius 1 is 1.59 bits per heavy atom. The zero-order valence-corrected chi connectivity index (χ0v) is 10.8. The van der Waals surface area contributed by atoms with Gasteiger partial charge in [0.1, 0.15) is 5.66 Å². The molecule has 0 aliphatic carbocycles. The van der Waals surface area contributed by atoms with Crippen molar-refractivity contribution in [1.82, 2.24) is 10.3 Å². The summed E-state index contributed by atoms with van der Waals surface area (Å²) in [4.78, 5) is 11.6. The topological polar surface area (TPSA) is 107 Å². The third-order valence-electron chi connectivity index (χ3n) is 1.68. The largest absolute Gasteiger partial charge is 0.333 e. The number of rotatable bonds is 5. The highest BCUT2D eigenvalue weighted by molar-refractivity contribution is 5.74. The summed E-state index contributed by atoms with van der Waals surface area (Å²) >= 11 is 0. The lowest BCUT2D eigenvalue weighted by molar-refractivity contribution is 0.188. The monoisotopic (exact) mass is 240 g/mol. The molecule has 0 heterocycles.